The summed E-state index contributed by atoms with van der Waals surface area (Å²) in [5.74, 6) is -0.152. The fraction of sp³-hybridized carbons (Fsp3) is 0.385. The van der Waals surface area contributed by atoms with Gasteiger partial charge in [0.15, 0.2) is 11.0 Å². The second kappa shape index (κ2) is 6.51. The number of hydrogen-bond acceptors (Lipinski definition) is 5. The Bertz CT molecular complexity index is 595. The van der Waals surface area contributed by atoms with Crippen molar-refractivity contribution in [2.45, 2.75) is 32.0 Å². The normalized spacial score (nSPS) is 10.7. The van der Waals surface area contributed by atoms with Gasteiger partial charge in [0.1, 0.15) is 0 Å². The van der Waals surface area contributed by atoms with Gasteiger partial charge in [-0.3, -0.25) is 9.78 Å². The molecular formula is C13H16N4O2S. The van der Waals surface area contributed by atoms with Gasteiger partial charge in [0.25, 0.3) is 0 Å². The second-order valence-corrected chi connectivity index (χ2v) is 5.27. The molecule has 0 saturated carbocycles. The van der Waals surface area contributed by atoms with Gasteiger partial charge in [-0.05, 0) is 25.5 Å². The van der Waals surface area contributed by atoms with Crippen LogP contribution in [-0.4, -0.2) is 36.6 Å². The molecule has 0 aliphatic heterocycles. The van der Waals surface area contributed by atoms with Gasteiger partial charge < -0.3 is 9.67 Å². The SMILES string of the molecule is CCCn1c(SCC(=O)O)nnc1-c1ccc(C)nc1. The molecule has 6 nitrogen and oxygen atoms in total. The molecule has 2 heterocycles. The zero-order valence-electron chi connectivity index (χ0n) is 11.4. The minimum atomic E-state index is -0.861. The minimum Gasteiger partial charge on any atom is -0.481 e. The van der Waals surface area contributed by atoms with Gasteiger partial charge in [-0.25, -0.2) is 0 Å². The number of aliphatic carboxylic acids is 1. The first-order chi connectivity index (χ1) is 9.61. The molecule has 0 bridgehead atoms. The van der Waals surface area contributed by atoms with E-state index in [-0.39, 0.29) is 5.75 Å². The molecule has 1 N–H and O–H groups in total. The number of carboxylic acid groups (broad SMARTS) is 1. The second-order valence-electron chi connectivity index (χ2n) is 4.33. The third-order valence-corrected chi connectivity index (χ3v) is 3.61. The number of carbonyl (C=O) groups is 1. The van der Waals surface area contributed by atoms with Crippen molar-refractivity contribution in [1.82, 2.24) is 19.7 Å². The molecule has 0 aliphatic carbocycles. The average molecular weight is 292 g/mol. The Hall–Kier alpha value is -1.89. The van der Waals surface area contributed by atoms with Crippen molar-refractivity contribution in [3.8, 4) is 11.4 Å². The fourth-order valence-electron chi connectivity index (χ4n) is 1.76. The molecule has 7 heteroatoms. The van der Waals surface area contributed by atoms with Gasteiger partial charge in [-0.1, -0.05) is 18.7 Å². The fourth-order valence-corrected chi connectivity index (χ4v) is 2.45. The van der Waals surface area contributed by atoms with Crippen LogP contribution in [0, 0.1) is 6.92 Å². The van der Waals surface area contributed by atoms with Crippen molar-refractivity contribution in [2.75, 3.05) is 5.75 Å². The van der Waals surface area contributed by atoms with Crippen LogP contribution in [0.5, 0.6) is 0 Å². The molecule has 0 atom stereocenters. The maximum Gasteiger partial charge on any atom is 0.313 e. The first-order valence-corrected chi connectivity index (χ1v) is 7.31. The zero-order valence-corrected chi connectivity index (χ0v) is 12.2. The Kier molecular flexibility index (Phi) is 4.73. The first-order valence-electron chi connectivity index (χ1n) is 6.32. The predicted octanol–water partition coefficient (Wildman–Crippen LogP) is 2.24. The third-order valence-electron chi connectivity index (χ3n) is 2.66. The van der Waals surface area contributed by atoms with Crippen LogP contribution in [0.15, 0.2) is 23.5 Å². The molecule has 20 heavy (non-hydrogen) atoms. The Balaban J connectivity index is 2.32. The molecule has 2 aromatic heterocycles. The first kappa shape index (κ1) is 14.5. The topological polar surface area (TPSA) is 80.9 Å². The van der Waals surface area contributed by atoms with E-state index in [1.54, 1.807) is 6.20 Å². The number of nitrogens with zero attached hydrogens (tertiary/aromatic N) is 4. The monoisotopic (exact) mass is 292 g/mol. The van der Waals surface area contributed by atoms with E-state index in [0.29, 0.717) is 5.16 Å². The van der Waals surface area contributed by atoms with Gasteiger partial charge in [0.2, 0.25) is 0 Å². The van der Waals surface area contributed by atoms with E-state index < -0.39 is 5.97 Å². The lowest BCUT2D eigenvalue weighted by Gasteiger charge is -2.08. The van der Waals surface area contributed by atoms with Crippen molar-refractivity contribution < 1.29 is 9.90 Å². The molecule has 0 spiro atoms. The number of hydrogen-bond donors (Lipinski definition) is 1. The molecule has 0 fully saturated rings. The van der Waals surface area contributed by atoms with Gasteiger partial charge >= 0.3 is 5.97 Å². The summed E-state index contributed by atoms with van der Waals surface area (Å²) in [5, 5.41) is 17.7. The third kappa shape index (κ3) is 3.36. The van der Waals surface area contributed by atoms with Crippen molar-refractivity contribution in [1.29, 1.82) is 0 Å². The highest BCUT2D eigenvalue weighted by Crippen LogP contribution is 2.23. The van der Waals surface area contributed by atoms with Crippen LogP contribution in [0.1, 0.15) is 19.0 Å². The Morgan fingerprint density at radius 1 is 1.40 bits per heavy atom. The molecule has 0 aromatic carbocycles. The van der Waals surface area contributed by atoms with E-state index in [1.165, 1.54) is 11.8 Å². The van der Waals surface area contributed by atoms with Crippen LogP contribution in [0.3, 0.4) is 0 Å². The number of rotatable bonds is 6. The van der Waals surface area contributed by atoms with Crippen molar-refractivity contribution in [3.05, 3.63) is 24.0 Å². The van der Waals surface area contributed by atoms with Crippen molar-refractivity contribution >= 4 is 17.7 Å². The van der Waals surface area contributed by atoms with E-state index in [1.807, 2.05) is 23.6 Å². The summed E-state index contributed by atoms with van der Waals surface area (Å²) in [6, 6.07) is 3.87. The summed E-state index contributed by atoms with van der Waals surface area (Å²) < 4.78 is 1.94. The number of aryl methyl sites for hydroxylation is 1. The van der Waals surface area contributed by atoms with Crippen molar-refractivity contribution in [3.63, 3.8) is 0 Å². The van der Waals surface area contributed by atoms with Crippen LogP contribution in [0.4, 0.5) is 0 Å². The van der Waals surface area contributed by atoms with Crippen molar-refractivity contribution in [2.24, 2.45) is 0 Å². The largest absolute Gasteiger partial charge is 0.481 e. The molecule has 0 amide bonds. The number of aromatic nitrogens is 4. The van der Waals surface area contributed by atoms with E-state index in [0.717, 1.165) is 30.0 Å². The Labute approximate surface area is 121 Å². The summed E-state index contributed by atoms with van der Waals surface area (Å²) in [4.78, 5) is 14.9. The number of thioether (sulfide) groups is 1. The summed E-state index contributed by atoms with van der Waals surface area (Å²) in [6.45, 7) is 4.73. The van der Waals surface area contributed by atoms with Crippen LogP contribution in [-0.2, 0) is 11.3 Å². The van der Waals surface area contributed by atoms with Crippen LogP contribution in [0.25, 0.3) is 11.4 Å². The van der Waals surface area contributed by atoms with Gasteiger partial charge in [-0.2, -0.15) is 0 Å². The Morgan fingerprint density at radius 3 is 2.80 bits per heavy atom. The lowest BCUT2D eigenvalue weighted by atomic mass is 10.2. The molecule has 0 aliphatic rings. The quantitative estimate of drug-likeness (QED) is 0.822. The molecular weight excluding hydrogens is 276 g/mol. The highest BCUT2D eigenvalue weighted by molar-refractivity contribution is 7.99. The Morgan fingerprint density at radius 2 is 2.20 bits per heavy atom. The van der Waals surface area contributed by atoms with E-state index in [9.17, 15) is 4.79 Å². The summed E-state index contributed by atoms with van der Waals surface area (Å²) >= 11 is 1.18. The summed E-state index contributed by atoms with van der Waals surface area (Å²) in [6.07, 6.45) is 2.68. The smallest absolute Gasteiger partial charge is 0.313 e. The van der Waals surface area contributed by atoms with E-state index >= 15 is 0 Å². The maximum absolute atomic E-state index is 10.7. The number of pyridine rings is 1. The van der Waals surface area contributed by atoms with Crippen LogP contribution < -0.4 is 0 Å². The molecule has 106 valence electrons. The van der Waals surface area contributed by atoms with E-state index in [4.69, 9.17) is 5.11 Å². The lowest BCUT2D eigenvalue weighted by molar-refractivity contribution is -0.133. The van der Waals surface area contributed by atoms with Crippen LogP contribution >= 0.6 is 11.8 Å². The molecule has 2 aromatic rings. The van der Waals surface area contributed by atoms with Crippen LogP contribution in [0.2, 0.25) is 0 Å². The van der Waals surface area contributed by atoms with Gasteiger partial charge in [-0.15, -0.1) is 10.2 Å². The predicted molar refractivity (Wildman–Crippen MR) is 76.6 cm³/mol. The van der Waals surface area contributed by atoms with E-state index in [2.05, 4.69) is 22.1 Å². The van der Waals surface area contributed by atoms with Gasteiger partial charge in [0, 0.05) is 24.0 Å². The van der Waals surface area contributed by atoms with Gasteiger partial charge in [0.05, 0.1) is 5.75 Å². The molecule has 0 unspecified atom stereocenters. The lowest BCUT2D eigenvalue weighted by Crippen LogP contribution is -2.04. The molecule has 0 radical (unpaired) electrons. The molecule has 0 saturated heterocycles. The average Bonchev–Trinajstić information content (AvgIpc) is 2.81. The highest BCUT2D eigenvalue weighted by atomic mass is 32.2. The standard InChI is InChI=1S/C13H16N4O2S/c1-3-6-17-12(10-5-4-9(2)14-7-10)15-16-13(17)20-8-11(18)19/h4-5,7H,3,6,8H2,1-2H3,(H,18,19). The highest BCUT2D eigenvalue weighted by Gasteiger charge is 2.15. The minimum absolute atomic E-state index is 0.0198. The summed E-state index contributed by atoms with van der Waals surface area (Å²) in [7, 11) is 0. The molecule has 2 rings (SSSR count). The maximum atomic E-state index is 10.7. The number of carboxylic acids is 1. The zero-order chi connectivity index (χ0) is 14.5. The summed E-state index contributed by atoms with van der Waals surface area (Å²) in [5.41, 5.74) is 1.83.